The molecule has 0 unspecified atom stereocenters. The number of aliphatic hydroxyl groups excluding tert-OH is 2. The van der Waals surface area contributed by atoms with Crippen molar-refractivity contribution in [3.05, 3.63) is 27.9 Å². The van der Waals surface area contributed by atoms with Crippen LogP contribution in [0.15, 0.2) is 11.0 Å². The lowest BCUT2D eigenvalue weighted by Gasteiger charge is -2.14. The summed E-state index contributed by atoms with van der Waals surface area (Å²) >= 11 is 0. The number of aromatic nitrogens is 3. The second kappa shape index (κ2) is 4.16. The Balaban J connectivity index is 2.14. The molecule has 0 aromatic carbocycles. The van der Waals surface area contributed by atoms with E-state index in [2.05, 4.69) is 20.3 Å². The van der Waals surface area contributed by atoms with E-state index < -0.39 is 18.2 Å². The van der Waals surface area contributed by atoms with Gasteiger partial charge in [-0.05, 0) is 13.8 Å². The summed E-state index contributed by atoms with van der Waals surface area (Å²) in [6.45, 7) is 3.50. The summed E-state index contributed by atoms with van der Waals surface area (Å²) in [4.78, 5) is 21.6. The van der Waals surface area contributed by atoms with Crippen LogP contribution in [0.2, 0.25) is 0 Å². The minimum atomic E-state index is -0.921. The highest BCUT2D eigenvalue weighted by Crippen LogP contribution is 2.30. The topological polar surface area (TPSA) is 114 Å². The molecule has 0 spiro atoms. The van der Waals surface area contributed by atoms with Crippen LogP contribution >= 0.6 is 0 Å². The molecule has 7 nitrogen and oxygen atoms in total. The maximum absolute atomic E-state index is 11.8. The zero-order valence-corrected chi connectivity index (χ0v) is 10.6. The highest BCUT2D eigenvalue weighted by molar-refractivity contribution is 5.78. The number of nitrogens with one attached hydrogen (secondary N) is 3. The van der Waals surface area contributed by atoms with Crippen molar-refractivity contribution in [1.29, 1.82) is 0 Å². The van der Waals surface area contributed by atoms with Gasteiger partial charge in [0, 0.05) is 17.8 Å². The Morgan fingerprint density at radius 2 is 2.05 bits per heavy atom. The summed E-state index contributed by atoms with van der Waals surface area (Å²) < 4.78 is 0. The van der Waals surface area contributed by atoms with Crippen LogP contribution in [0.1, 0.15) is 24.4 Å². The Morgan fingerprint density at radius 3 is 2.68 bits per heavy atom. The van der Waals surface area contributed by atoms with Gasteiger partial charge >= 0.3 is 0 Å². The Morgan fingerprint density at radius 1 is 1.32 bits per heavy atom. The molecule has 7 heteroatoms. The molecule has 1 saturated heterocycles. The van der Waals surface area contributed by atoms with Crippen molar-refractivity contribution < 1.29 is 10.2 Å². The lowest BCUT2D eigenvalue weighted by molar-refractivity contribution is 0.0303. The summed E-state index contributed by atoms with van der Waals surface area (Å²) in [5.41, 5.74) is 1.36. The van der Waals surface area contributed by atoms with Crippen molar-refractivity contribution in [3.63, 3.8) is 0 Å². The predicted molar refractivity (Wildman–Crippen MR) is 68.8 cm³/mol. The molecule has 3 rings (SSSR count). The van der Waals surface area contributed by atoms with E-state index >= 15 is 0 Å². The van der Waals surface area contributed by atoms with Gasteiger partial charge in [-0.25, -0.2) is 4.98 Å². The molecule has 3 heterocycles. The van der Waals surface area contributed by atoms with Gasteiger partial charge in [0.2, 0.25) is 0 Å². The first-order chi connectivity index (χ1) is 8.99. The monoisotopic (exact) mass is 264 g/mol. The third-order valence-corrected chi connectivity index (χ3v) is 3.66. The van der Waals surface area contributed by atoms with Crippen molar-refractivity contribution in [2.24, 2.45) is 0 Å². The fraction of sp³-hybridized carbons (Fsp3) is 0.500. The quantitative estimate of drug-likeness (QED) is 0.468. The van der Waals surface area contributed by atoms with Crippen LogP contribution in [0, 0.1) is 6.92 Å². The number of aliphatic hydroxyl groups is 2. The van der Waals surface area contributed by atoms with E-state index in [1.165, 1.54) is 0 Å². The first-order valence-electron chi connectivity index (χ1n) is 6.19. The lowest BCUT2D eigenvalue weighted by Crippen LogP contribution is -2.29. The summed E-state index contributed by atoms with van der Waals surface area (Å²) in [7, 11) is 0. The van der Waals surface area contributed by atoms with E-state index in [1.807, 2.05) is 0 Å². The van der Waals surface area contributed by atoms with Gasteiger partial charge in [0.1, 0.15) is 23.0 Å². The van der Waals surface area contributed by atoms with E-state index in [4.69, 9.17) is 0 Å². The number of rotatable bonds is 1. The fourth-order valence-electron chi connectivity index (χ4n) is 2.63. The summed E-state index contributed by atoms with van der Waals surface area (Å²) in [5.74, 6) is 0.513. The van der Waals surface area contributed by atoms with Gasteiger partial charge < -0.3 is 25.5 Å². The Hall–Kier alpha value is -1.70. The number of hydrogen-bond donors (Lipinski definition) is 5. The predicted octanol–water partition coefficient (Wildman–Crippen LogP) is -0.686. The number of H-pyrrole nitrogens is 2. The molecular weight excluding hydrogens is 248 g/mol. The minimum absolute atomic E-state index is 0.215. The summed E-state index contributed by atoms with van der Waals surface area (Å²) in [5, 5.41) is 23.0. The van der Waals surface area contributed by atoms with Gasteiger partial charge in [-0.2, -0.15) is 0 Å². The molecule has 0 radical (unpaired) electrons. The third kappa shape index (κ3) is 1.78. The van der Waals surface area contributed by atoms with Crippen molar-refractivity contribution in [1.82, 2.24) is 20.3 Å². The van der Waals surface area contributed by atoms with E-state index in [1.54, 1.807) is 20.0 Å². The molecule has 4 atom stereocenters. The van der Waals surface area contributed by atoms with Crippen molar-refractivity contribution in [2.45, 2.75) is 38.1 Å². The second-order valence-electron chi connectivity index (χ2n) is 5.03. The highest BCUT2D eigenvalue weighted by Gasteiger charge is 2.40. The summed E-state index contributed by atoms with van der Waals surface area (Å²) in [6, 6.07) is -0.652. The zero-order valence-electron chi connectivity index (χ0n) is 10.6. The molecule has 2 aromatic rings. The molecule has 1 aliphatic rings. The van der Waals surface area contributed by atoms with Crippen LogP contribution < -0.4 is 10.9 Å². The first-order valence-corrected chi connectivity index (χ1v) is 6.19. The SMILES string of the molecule is Cc1nc2c([C@@H]3N[C@H](C)[C@@H](O)[C@H]3O)c[nH]c2c(=O)[nH]1. The molecule has 0 bridgehead atoms. The van der Waals surface area contributed by atoms with Crippen LogP contribution in [0.25, 0.3) is 11.0 Å². The molecule has 0 amide bonds. The molecule has 102 valence electrons. The molecule has 2 aromatic heterocycles. The average Bonchev–Trinajstić information content (AvgIpc) is 2.86. The number of fused-ring (bicyclic) bond motifs is 1. The van der Waals surface area contributed by atoms with Crippen molar-refractivity contribution in [2.75, 3.05) is 0 Å². The van der Waals surface area contributed by atoms with Gasteiger partial charge in [-0.1, -0.05) is 0 Å². The van der Waals surface area contributed by atoms with E-state index in [0.717, 1.165) is 0 Å². The standard InChI is InChI=1S/C12H16N4O3/c1-4-10(17)11(18)8(14-4)6-3-13-9-7(6)15-5(2)16-12(9)19/h3-4,8,10-11,13-14,17-18H,1-2H3,(H,15,16,19)/t4-,8+,10-,11+/m1/s1. The highest BCUT2D eigenvalue weighted by atomic mass is 16.3. The van der Waals surface area contributed by atoms with E-state index in [0.29, 0.717) is 22.4 Å². The van der Waals surface area contributed by atoms with Crippen LogP contribution in [0.5, 0.6) is 0 Å². The largest absolute Gasteiger partial charge is 0.389 e. The van der Waals surface area contributed by atoms with Crippen molar-refractivity contribution in [3.8, 4) is 0 Å². The Labute approximate surface area is 108 Å². The molecule has 19 heavy (non-hydrogen) atoms. The smallest absolute Gasteiger partial charge is 0.275 e. The average molecular weight is 264 g/mol. The number of hydrogen-bond acceptors (Lipinski definition) is 5. The molecular formula is C12H16N4O3. The van der Waals surface area contributed by atoms with E-state index in [9.17, 15) is 15.0 Å². The Bertz CT molecular complexity index is 677. The van der Waals surface area contributed by atoms with Crippen LogP contribution in [-0.2, 0) is 0 Å². The number of nitrogens with zero attached hydrogens (tertiary/aromatic N) is 1. The van der Waals surface area contributed by atoms with Gasteiger partial charge in [-0.3, -0.25) is 4.79 Å². The Kier molecular flexibility index (Phi) is 2.70. The molecule has 0 saturated carbocycles. The summed E-state index contributed by atoms with van der Waals surface area (Å²) in [6.07, 6.45) is -0.105. The van der Waals surface area contributed by atoms with Crippen LogP contribution in [0.3, 0.4) is 0 Å². The maximum atomic E-state index is 11.8. The fourth-order valence-corrected chi connectivity index (χ4v) is 2.63. The van der Waals surface area contributed by atoms with Gasteiger partial charge in [-0.15, -0.1) is 0 Å². The van der Waals surface area contributed by atoms with Gasteiger partial charge in [0.05, 0.1) is 12.1 Å². The second-order valence-corrected chi connectivity index (χ2v) is 5.03. The van der Waals surface area contributed by atoms with Crippen LogP contribution in [0.4, 0.5) is 0 Å². The third-order valence-electron chi connectivity index (χ3n) is 3.66. The molecule has 5 N–H and O–H groups in total. The van der Waals surface area contributed by atoms with Crippen LogP contribution in [-0.4, -0.2) is 43.4 Å². The van der Waals surface area contributed by atoms with Gasteiger partial charge in [0.15, 0.2) is 0 Å². The molecule has 1 aliphatic heterocycles. The normalized spacial score (nSPS) is 31.2. The number of aromatic amines is 2. The zero-order chi connectivity index (χ0) is 13.7. The number of aryl methyl sites for hydroxylation is 1. The lowest BCUT2D eigenvalue weighted by atomic mass is 10.0. The minimum Gasteiger partial charge on any atom is -0.389 e. The first kappa shape index (κ1) is 12.3. The molecule has 1 fully saturated rings. The van der Waals surface area contributed by atoms with Crippen molar-refractivity contribution >= 4 is 11.0 Å². The maximum Gasteiger partial charge on any atom is 0.275 e. The van der Waals surface area contributed by atoms with E-state index in [-0.39, 0.29) is 11.6 Å². The van der Waals surface area contributed by atoms with Gasteiger partial charge in [0.25, 0.3) is 5.56 Å². The molecule has 0 aliphatic carbocycles.